The number of nitrogens with two attached hydrogens (primary N) is 1. The van der Waals surface area contributed by atoms with Crippen molar-refractivity contribution in [3.63, 3.8) is 0 Å². The fraction of sp³-hybridized carbons (Fsp3) is 0.200. The van der Waals surface area contributed by atoms with Gasteiger partial charge in [-0.05, 0) is 6.92 Å². The smallest absolute Gasteiger partial charge is 0.169 e. The van der Waals surface area contributed by atoms with Crippen LogP contribution in [-0.4, -0.2) is 6.04 Å². The maximum atomic E-state index is 13.0. The molecule has 0 spiro atoms. The molecule has 0 bridgehead atoms. The molecule has 1 atom stereocenters. The van der Waals surface area contributed by atoms with Crippen molar-refractivity contribution in [3.8, 4) is 0 Å². The Balaban J connectivity index is 3.27. The van der Waals surface area contributed by atoms with Gasteiger partial charge in [0.1, 0.15) is 0 Å². The molecule has 0 aliphatic heterocycles. The fourth-order valence-corrected chi connectivity index (χ4v) is 0.986. The van der Waals surface area contributed by atoms with Gasteiger partial charge in [-0.25, -0.2) is 17.6 Å². The first-order valence-electron chi connectivity index (χ1n) is 4.20. The van der Waals surface area contributed by atoms with Crippen molar-refractivity contribution in [2.75, 3.05) is 0 Å². The molecule has 1 nitrogen and oxygen atoms in total. The Bertz CT molecular complexity index is 373. The van der Waals surface area contributed by atoms with E-state index in [1.165, 1.54) is 6.08 Å². The van der Waals surface area contributed by atoms with Crippen LogP contribution in [0.4, 0.5) is 17.6 Å². The van der Waals surface area contributed by atoms with E-state index < -0.39 is 34.9 Å². The first-order chi connectivity index (χ1) is 6.93. The molecule has 82 valence electrons. The SMILES string of the molecule is CC(N)/C=C/c1c(F)c(F)cc(F)c1F. The van der Waals surface area contributed by atoms with E-state index in [-0.39, 0.29) is 6.07 Å². The molecule has 1 aromatic carbocycles. The lowest BCUT2D eigenvalue weighted by atomic mass is 10.1. The topological polar surface area (TPSA) is 26.0 Å². The summed E-state index contributed by atoms with van der Waals surface area (Å²) in [5, 5.41) is 0. The van der Waals surface area contributed by atoms with Gasteiger partial charge in [-0.1, -0.05) is 12.2 Å². The third-order valence-corrected chi connectivity index (χ3v) is 1.71. The lowest BCUT2D eigenvalue weighted by Gasteiger charge is -2.02. The summed E-state index contributed by atoms with van der Waals surface area (Å²) in [4.78, 5) is 0. The molecule has 1 rings (SSSR count). The normalized spacial score (nSPS) is 13.5. The summed E-state index contributed by atoms with van der Waals surface area (Å²) in [5.41, 5.74) is 4.54. The van der Waals surface area contributed by atoms with Crippen molar-refractivity contribution in [3.05, 3.63) is 41.0 Å². The van der Waals surface area contributed by atoms with E-state index in [9.17, 15) is 17.6 Å². The molecule has 0 saturated carbocycles. The summed E-state index contributed by atoms with van der Waals surface area (Å²) in [6, 6.07) is -0.302. The van der Waals surface area contributed by atoms with E-state index in [2.05, 4.69) is 0 Å². The van der Waals surface area contributed by atoms with Crippen molar-refractivity contribution in [2.24, 2.45) is 5.73 Å². The minimum Gasteiger partial charge on any atom is -0.325 e. The van der Waals surface area contributed by atoms with Gasteiger partial charge in [0.2, 0.25) is 0 Å². The maximum Gasteiger partial charge on any atom is 0.169 e. The van der Waals surface area contributed by atoms with Crippen molar-refractivity contribution in [2.45, 2.75) is 13.0 Å². The quantitative estimate of drug-likeness (QED) is 0.600. The van der Waals surface area contributed by atoms with Gasteiger partial charge in [0.15, 0.2) is 23.3 Å². The number of benzene rings is 1. The molecule has 0 aliphatic carbocycles. The van der Waals surface area contributed by atoms with E-state index in [4.69, 9.17) is 5.73 Å². The van der Waals surface area contributed by atoms with Crippen LogP contribution in [0.2, 0.25) is 0 Å². The zero-order valence-electron chi connectivity index (χ0n) is 7.90. The minimum atomic E-state index is -1.43. The van der Waals surface area contributed by atoms with Crippen molar-refractivity contribution in [1.82, 2.24) is 0 Å². The average molecular weight is 219 g/mol. The summed E-state index contributed by atoms with van der Waals surface area (Å²) in [6.07, 6.45) is 2.15. The van der Waals surface area contributed by atoms with Crippen LogP contribution in [0.3, 0.4) is 0 Å². The molecular weight excluding hydrogens is 210 g/mol. The Morgan fingerprint density at radius 2 is 1.60 bits per heavy atom. The van der Waals surface area contributed by atoms with Crippen LogP contribution in [0.15, 0.2) is 12.1 Å². The summed E-state index contributed by atoms with van der Waals surface area (Å²) in [5.74, 6) is -5.71. The van der Waals surface area contributed by atoms with Crippen LogP contribution in [0.25, 0.3) is 6.08 Å². The zero-order valence-corrected chi connectivity index (χ0v) is 7.90. The van der Waals surface area contributed by atoms with Crippen LogP contribution in [0.1, 0.15) is 12.5 Å². The molecular formula is C10H9F4N. The fourth-order valence-electron chi connectivity index (χ4n) is 0.986. The van der Waals surface area contributed by atoms with Gasteiger partial charge in [0.05, 0.1) is 5.56 Å². The molecule has 1 unspecified atom stereocenters. The number of rotatable bonds is 2. The predicted molar refractivity (Wildman–Crippen MR) is 49.0 cm³/mol. The standard InChI is InChI=1S/C10H9F4N/c1-5(15)2-3-6-9(13)7(11)4-8(12)10(6)14/h2-5H,15H2,1H3/b3-2+. The lowest BCUT2D eigenvalue weighted by molar-refractivity contribution is 0.451. The molecule has 0 aromatic heterocycles. The van der Waals surface area contributed by atoms with Crippen LogP contribution in [-0.2, 0) is 0 Å². The Morgan fingerprint density at radius 1 is 1.13 bits per heavy atom. The molecule has 15 heavy (non-hydrogen) atoms. The van der Waals surface area contributed by atoms with Gasteiger partial charge < -0.3 is 5.73 Å². The average Bonchev–Trinajstić information content (AvgIpc) is 2.14. The minimum absolute atomic E-state index is 0.161. The molecule has 0 saturated heterocycles. The molecule has 0 heterocycles. The number of hydrogen-bond donors (Lipinski definition) is 1. The molecule has 2 N–H and O–H groups in total. The third-order valence-electron chi connectivity index (χ3n) is 1.71. The first kappa shape index (κ1) is 11.7. The largest absolute Gasteiger partial charge is 0.325 e. The summed E-state index contributed by atoms with van der Waals surface area (Å²) < 4.78 is 51.4. The van der Waals surface area contributed by atoms with E-state index in [0.717, 1.165) is 6.08 Å². The van der Waals surface area contributed by atoms with Gasteiger partial charge in [0.25, 0.3) is 0 Å². The maximum absolute atomic E-state index is 13.0. The van der Waals surface area contributed by atoms with Crippen LogP contribution in [0.5, 0.6) is 0 Å². The van der Waals surface area contributed by atoms with Crippen molar-refractivity contribution in [1.29, 1.82) is 0 Å². The molecule has 0 fully saturated rings. The Morgan fingerprint density at radius 3 is 2.00 bits per heavy atom. The van der Waals surface area contributed by atoms with Gasteiger partial charge in [-0.3, -0.25) is 0 Å². The highest BCUT2D eigenvalue weighted by atomic mass is 19.2. The third kappa shape index (κ3) is 2.56. The van der Waals surface area contributed by atoms with E-state index >= 15 is 0 Å². The van der Waals surface area contributed by atoms with Gasteiger partial charge in [0, 0.05) is 12.1 Å². The summed E-state index contributed by atoms with van der Waals surface area (Å²) >= 11 is 0. The van der Waals surface area contributed by atoms with E-state index in [1.807, 2.05) is 0 Å². The highest BCUT2D eigenvalue weighted by Gasteiger charge is 2.16. The van der Waals surface area contributed by atoms with Crippen LogP contribution >= 0.6 is 0 Å². The van der Waals surface area contributed by atoms with Gasteiger partial charge in [-0.2, -0.15) is 0 Å². The second-order valence-corrected chi connectivity index (χ2v) is 3.10. The van der Waals surface area contributed by atoms with E-state index in [1.54, 1.807) is 6.92 Å². The Kier molecular flexibility index (Phi) is 3.47. The number of halogens is 4. The van der Waals surface area contributed by atoms with Crippen LogP contribution in [0, 0.1) is 23.3 Å². The summed E-state index contributed by atoms with van der Waals surface area (Å²) in [7, 11) is 0. The van der Waals surface area contributed by atoms with E-state index in [0.29, 0.717) is 0 Å². The Labute approximate surface area is 84.2 Å². The Hall–Kier alpha value is -1.36. The van der Waals surface area contributed by atoms with Gasteiger partial charge in [-0.15, -0.1) is 0 Å². The van der Waals surface area contributed by atoms with Crippen molar-refractivity contribution < 1.29 is 17.6 Å². The monoisotopic (exact) mass is 219 g/mol. The van der Waals surface area contributed by atoms with Crippen LogP contribution < -0.4 is 5.73 Å². The van der Waals surface area contributed by atoms with Crippen molar-refractivity contribution >= 4 is 6.08 Å². The summed E-state index contributed by atoms with van der Waals surface area (Å²) in [6.45, 7) is 1.56. The second-order valence-electron chi connectivity index (χ2n) is 3.10. The molecule has 5 heteroatoms. The van der Waals surface area contributed by atoms with Gasteiger partial charge >= 0.3 is 0 Å². The second kappa shape index (κ2) is 4.44. The molecule has 1 aromatic rings. The molecule has 0 aliphatic rings. The molecule has 0 radical (unpaired) electrons. The first-order valence-corrected chi connectivity index (χ1v) is 4.20. The zero-order chi connectivity index (χ0) is 11.6. The molecule has 0 amide bonds. The highest BCUT2D eigenvalue weighted by molar-refractivity contribution is 5.51. The highest BCUT2D eigenvalue weighted by Crippen LogP contribution is 2.20. The predicted octanol–water partition coefficient (Wildman–Crippen LogP) is 2.60. The lowest BCUT2D eigenvalue weighted by Crippen LogP contribution is -2.10. The number of hydrogen-bond acceptors (Lipinski definition) is 1.